The molecule has 0 bridgehead atoms. The number of benzene rings is 2. The number of aliphatic carboxylic acids is 1. The average molecular weight is 383 g/mol. The lowest BCUT2D eigenvalue weighted by Crippen LogP contribution is -2.61. The normalized spacial score (nSPS) is 24.7. The van der Waals surface area contributed by atoms with E-state index in [1.165, 1.54) is 0 Å². The Kier molecular flexibility index (Phi) is 5.15. The molecule has 150 valence electrons. The van der Waals surface area contributed by atoms with Crippen molar-refractivity contribution in [1.29, 1.82) is 0 Å². The minimum absolute atomic E-state index is 0.436. The molecule has 1 saturated heterocycles. The van der Waals surface area contributed by atoms with Gasteiger partial charge in [0.05, 0.1) is 11.5 Å². The highest BCUT2D eigenvalue weighted by Gasteiger charge is 2.57. The smallest absolute Gasteiger partial charge is 0.309 e. The first-order valence-corrected chi connectivity index (χ1v) is 9.79. The molecule has 4 heteroatoms. The minimum atomic E-state index is -1.41. The quantitative estimate of drug-likeness (QED) is 0.812. The Balaban J connectivity index is 2.15. The molecule has 2 N–H and O–H groups in total. The van der Waals surface area contributed by atoms with Gasteiger partial charge in [-0.15, -0.1) is 0 Å². The highest BCUT2D eigenvalue weighted by Crippen LogP contribution is 2.51. The molecular formula is C24H30O4. The molecule has 4 nitrogen and oxygen atoms in total. The topological polar surface area (TPSA) is 66.8 Å². The van der Waals surface area contributed by atoms with Crippen molar-refractivity contribution in [3.63, 3.8) is 0 Å². The molecule has 1 fully saturated rings. The molecule has 2 atom stereocenters. The maximum absolute atomic E-state index is 12.2. The summed E-state index contributed by atoms with van der Waals surface area (Å²) in [6, 6.07) is 15.6. The molecule has 1 aliphatic rings. The SMILES string of the molecule is Cc1ccc(C(O)(c2ccc(C)cc2)[C@]2(C)CC[C@@H](C(=O)O)C(C)(C)O2)cc1. The summed E-state index contributed by atoms with van der Waals surface area (Å²) in [6.07, 6.45) is 0.879. The van der Waals surface area contributed by atoms with Crippen LogP contribution in [-0.4, -0.2) is 27.4 Å². The van der Waals surface area contributed by atoms with Crippen molar-refractivity contribution in [2.24, 2.45) is 5.92 Å². The summed E-state index contributed by atoms with van der Waals surface area (Å²) >= 11 is 0. The zero-order chi connectivity index (χ0) is 20.7. The third-order valence-electron chi connectivity index (χ3n) is 6.24. The van der Waals surface area contributed by atoms with Crippen molar-refractivity contribution >= 4 is 5.97 Å². The second-order valence-corrected chi connectivity index (χ2v) is 8.81. The van der Waals surface area contributed by atoms with Crippen LogP contribution in [0.2, 0.25) is 0 Å². The Morgan fingerprint density at radius 3 is 1.75 bits per heavy atom. The molecule has 0 amide bonds. The van der Waals surface area contributed by atoms with Gasteiger partial charge in [-0.25, -0.2) is 0 Å². The van der Waals surface area contributed by atoms with E-state index in [2.05, 4.69) is 0 Å². The van der Waals surface area contributed by atoms with Crippen molar-refractivity contribution < 1.29 is 19.7 Å². The third kappa shape index (κ3) is 3.36. The predicted octanol–water partition coefficient (Wildman–Crippen LogP) is 4.59. The fraction of sp³-hybridized carbons (Fsp3) is 0.458. The van der Waals surface area contributed by atoms with Crippen molar-refractivity contribution in [3.05, 3.63) is 70.8 Å². The Morgan fingerprint density at radius 2 is 1.39 bits per heavy atom. The number of aryl methyl sites for hydroxylation is 2. The summed E-state index contributed by atoms with van der Waals surface area (Å²) in [6.45, 7) is 9.51. The van der Waals surface area contributed by atoms with Gasteiger partial charge in [-0.1, -0.05) is 59.7 Å². The van der Waals surface area contributed by atoms with E-state index >= 15 is 0 Å². The van der Waals surface area contributed by atoms with Crippen LogP contribution in [0.5, 0.6) is 0 Å². The zero-order valence-corrected chi connectivity index (χ0v) is 17.3. The molecule has 1 aliphatic heterocycles. The van der Waals surface area contributed by atoms with E-state index in [0.29, 0.717) is 12.8 Å². The van der Waals surface area contributed by atoms with Gasteiger partial charge in [0, 0.05) is 0 Å². The average Bonchev–Trinajstić information content (AvgIpc) is 2.61. The maximum Gasteiger partial charge on any atom is 0.309 e. The lowest BCUT2D eigenvalue weighted by molar-refractivity contribution is -0.257. The van der Waals surface area contributed by atoms with Gasteiger partial charge in [0.2, 0.25) is 0 Å². The summed E-state index contributed by atoms with van der Waals surface area (Å²) in [5.41, 5.74) is 0.416. The Hall–Kier alpha value is -2.17. The lowest BCUT2D eigenvalue weighted by Gasteiger charge is -2.54. The van der Waals surface area contributed by atoms with Gasteiger partial charge >= 0.3 is 5.97 Å². The van der Waals surface area contributed by atoms with E-state index < -0.39 is 28.7 Å². The van der Waals surface area contributed by atoms with Crippen LogP contribution in [-0.2, 0) is 15.1 Å². The van der Waals surface area contributed by atoms with Crippen LogP contribution in [0, 0.1) is 19.8 Å². The molecular weight excluding hydrogens is 352 g/mol. The molecule has 0 unspecified atom stereocenters. The van der Waals surface area contributed by atoms with E-state index in [0.717, 1.165) is 22.3 Å². The molecule has 3 rings (SSSR count). The van der Waals surface area contributed by atoms with Crippen molar-refractivity contribution in [2.45, 2.75) is 64.3 Å². The van der Waals surface area contributed by atoms with Crippen LogP contribution in [0.4, 0.5) is 0 Å². The first-order valence-electron chi connectivity index (χ1n) is 9.79. The van der Waals surface area contributed by atoms with Crippen LogP contribution in [0.3, 0.4) is 0 Å². The minimum Gasteiger partial charge on any atom is -0.481 e. The summed E-state index contributed by atoms with van der Waals surface area (Å²) in [5, 5.41) is 21.8. The lowest BCUT2D eigenvalue weighted by atomic mass is 9.67. The molecule has 28 heavy (non-hydrogen) atoms. The number of ether oxygens (including phenoxy) is 1. The van der Waals surface area contributed by atoms with Crippen LogP contribution < -0.4 is 0 Å². The number of rotatable bonds is 4. The summed E-state index contributed by atoms with van der Waals surface area (Å²) in [4.78, 5) is 11.7. The van der Waals surface area contributed by atoms with Crippen LogP contribution in [0.1, 0.15) is 55.9 Å². The van der Waals surface area contributed by atoms with Gasteiger partial charge in [0.15, 0.2) is 0 Å². The molecule has 2 aromatic carbocycles. The number of hydrogen-bond acceptors (Lipinski definition) is 3. The molecule has 1 heterocycles. The third-order valence-corrected chi connectivity index (χ3v) is 6.24. The first-order chi connectivity index (χ1) is 13.0. The van der Waals surface area contributed by atoms with E-state index in [-0.39, 0.29) is 0 Å². The monoisotopic (exact) mass is 382 g/mol. The van der Waals surface area contributed by atoms with E-state index in [1.54, 1.807) is 13.8 Å². The molecule has 0 saturated carbocycles. The number of carbonyl (C=O) groups is 1. The standard InChI is InChI=1S/C24H30O4/c1-16-6-10-18(11-7-16)24(27,19-12-8-17(2)9-13-19)23(5)15-14-20(21(25)26)22(3,4)28-23/h6-13,20,27H,14-15H2,1-5H3,(H,25,26)/t20-,23-/m0/s1. The second kappa shape index (κ2) is 7.02. The predicted molar refractivity (Wildman–Crippen MR) is 109 cm³/mol. The van der Waals surface area contributed by atoms with Crippen molar-refractivity contribution in [3.8, 4) is 0 Å². The fourth-order valence-corrected chi connectivity index (χ4v) is 4.51. The summed E-state index contributed by atoms with van der Waals surface area (Å²) < 4.78 is 6.44. The van der Waals surface area contributed by atoms with Gasteiger partial charge in [0.1, 0.15) is 11.2 Å². The fourth-order valence-electron chi connectivity index (χ4n) is 4.51. The number of aliphatic hydroxyl groups is 1. The van der Waals surface area contributed by atoms with E-state index in [9.17, 15) is 15.0 Å². The summed E-state index contributed by atoms with van der Waals surface area (Å²) in [5.74, 6) is -1.47. The van der Waals surface area contributed by atoms with Crippen LogP contribution in [0.15, 0.2) is 48.5 Å². The first kappa shape index (κ1) is 20.6. The largest absolute Gasteiger partial charge is 0.481 e. The molecule has 0 radical (unpaired) electrons. The van der Waals surface area contributed by atoms with Crippen LogP contribution >= 0.6 is 0 Å². The summed E-state index contributed by atoms with van der Waals surface area (Å²) in [7, 11) is 0. The van der Waals surface area contributed by atoms with Gasteiger partial charge in [-0.2, -0.15) is 0 Å². The van der Waals surface area contributed by atoms with Gasteiger partial charge in [-0.3, -0.25) is 4.79 Å². The Labute approximate surface area is 167 Å². The van der Waals surface area contributed by atoms with E-state index in [4.69, 9.17) is 4.74 Å². The number of carboxylic acids is 1. The highest BCUT2D eigenvalue weighted by atomic mass is 16.5. The zero-order valence-electron chi connectivity index (χ0n) is 17.3. The van der Waals surface area contributed by atoms with Crippen molar-refractivity contribution in [2.75, 3.05) is 0 Å². The molecule has 0 aromatic heterocycles. The van der Waals surface area contributed by atoms with Gasteiger partial charge in [-0.05, 0) is 58.6 Å². The molecule has 0 spiro atoms. The van der Waals surface area contributed by atoms with Gasteiger partial charge < -0.3 is 14.9 Å². The maximum atomic E-state index is 12.2. The molecule has 0 aliphatic carbocycles. The number of hydrogen-bond donors (Lipinski definition) is 2. The van der Waals surface area contributed by atoms with Crippen molar-refractivity contribution in [1.82, 2.24) is 0 Å². The highest BCUT2D eigenvalue weighted by molar-refractivity contribution is 5.71. The second-order valence-electron chi connectivity index (χ2n) is 8.81. The van der Waals surface area contributed by atoms with Crippen LogP contribution in [0.25, 0.3) is 0 Å². The Morgan fingerprint density at radius 1 is 0.964 bits per heavy atom. The molecule has 2 aromatic rings. The van der Waals surface area contributed by atoms with Gasteiger partial charge in [0.25, 0.3) is 0 Å². The number of carboxylic acid groups (broad SMARTS) is 1. The van der Waals surface area contributed by atoms with E-state index in [1.807, 2.05) is 69.3 Å². The Bertz CT molecular complexity index is 806.